The smallest absolute Gasteiger partial charge is 0.260 e. The van der Waals surface area contributed by atoms with Crippen LogP contribution in [-0.4, -0.2) is 50.7 Å². The van der Waals surface area contributed by atoms with Gasteiger partial charge in [0.15, 0.2) is 11.6 Å². The summed E-state index contributed by atoms with van der Waals surface area (Å²) in [6, 6.07) is 3.28. The Labute approximate surface area is 145 Å². The van der Waals surface area contributed by atoms with Crippen molar-refractivity contribution in [1.82, 2.24) is 25.1 Å². The zero-order chi connectivity index (χ0) is 18.2. The lowest BCUT2D eigenvalue weighted by Gasteiger charge is -2.31. The summed E-state index contributed by atoms with van der Waals surface area (Å²) in [5.41, 5.74) is 0.313. The van der Waals surface area contributed by atoms with Gasteiger partial charge < -0.3 is 14.6 Å². The van der Waals surface area contributed by atoms with Gasteiger partial charge in [-0.25, -0.2) is 4.98 Å². The van der Waals surface area contributed by atoms with Crippen LogP contribution >= 0.6 is 0 Å². The minimum atomic E-state index is -0.383. The average molecular weight is 345 g/mol. The molecule has 0 aromatic carbocycles. The number of aryl methyl sites for hydroxylation is 1. The van der Waals surface area contributed by atoms with Crippen LogP contribution in [0.1, 0.15) is 54.6 Å². The number of nitrogens with one attached hydrogen (secondary N) is 2. The predicted octanol–water partition coefficient (Wildman–Crippen LogP) is 1.31. The predicted molar refractivity (Wildman–Crippen MR) is 91.5 cm³/mol. The highest BCUT2D eigenvalue weighted by Crippen LogP contribution is 2.23. The molecule has 0 saturated carbocycles. The van der Waals surface area contributed by atoms with Gasteiger partial charge in [0, 0.05) is 17.7 Å². The van der Waals surface area contributed by atoms with Crippen molar-refractivity contribution in [3.8, 4) is 0 Å². The lowest BCUT2D eigenvalue weighted by atomic mass is 9.96. The summed E-state index contributed by atoms with van der Waals surface area (Å²) >= 11 is 0. The number of aromatic amines is 2. The van der Waals surface area contributed by atoms with E-state index in [2.05, 4.69) is 20.2 Å². The van der Waals surface area contributed by atoms with Crippen molar-refractivity contribution in [1.29, 1.82) is 0 Å². The molecule has 0 radical (unpaired) electrons. The number of hydrogen-bond donors (Lipinski definition) is 2. The topological polar surface area (TPSA) is 104 Å². The maximum Gasteiger partial charge on any atom is 0.260 e. The molecular formula is C17H23N5O3. The van der Waals surface area contributed by atoms with Crippen molar-refractivity contribution < 1.29 is 9.53 Å². The van der Waals surface area contributed by atoms with Crippen LogP contribution in [0.15, 0.2) is 16.9 Å². The number of aromatic nitrogens is 4. The minimum absolute atomic E-state index is 0.138. The number of H-pyrrole nitrogens is 2. The molecule has 25 heavy (non-hydrogen) atoms. The van der Waals surface area contributed by atoms with Crippen LogP contribution in [0.4, 0.5) is 0 Å². The van der Waals surface area contributed by atoms with E-state index in [-0.39, 0.29) is 28.5 Å². The molecule has 8 nitrogen and oxygen atoms in total. The fourth-order valence-electron chi connectivity index (χ4n) is 2.66. The first-order valence-electron chi connectivity index (χ1n) is 8.29. The van der Waals surface area contributed by atoms with Gasteiger partial charge in [-0.1, -0.05) is 20.8 Å². The van der Waals surface area contributed by atoms with Gasteiger partial charge in [-0.05, 0) is 19.1 Å². The van der Waals surface area contributed by atoms with Crippen LogP contribution in [0.25, 0.3) is 0 Å². The first-order valence-corrected chi connectivity index (χ1v) is 8.29. The Morgan fingerprint density at radius 3 is 2.76 bits per heavy atom. The van der Waals surface area contributed by atoms with E-state index >= 15 is 0 Å². The third-order valence-corrected chi connectivity index (χ3v) is 4.12. The second kappa shape index (κ2) is 6.44. The van der Waals surface area contributed by atoms with E-state index in [1.807, 2.05) is 20.8 Å². The Morgan fingerprint density at radius 2 is 2.12 bits per heavy atom. The summed E-state index contributed by atoms with van der Waals surface area (Å²) in [5.74, 6) is 0.995. The van der Waals surface area contributed by atoms with E-state index in [0.29, 0.717) is 31.3 Å². The van der Waals surface area contributed by atoms with Gasteiger partial charge in [0.1, 0.15) is 11.7 Å². The Bertz CT molecular complexity index is 833. The molecule has 2 aromatic rings. The van der Waals surface area contributed by atoms with Gasteiger partial charge in [0.25, 0.3) is 11.5 Å². The number of pyridine rings is 1. The monoisotopic (exact) mass is 345 g/mol. The van der Waals surface area contributed by atoms with Crippen molar-refractivity contribution in [3.63, 3.8) is 0 Å². The highest BCUT2D eigenvalue weighted by atomic mass is 16.5. The van der Waals surface area contributed by atoms with E-state index in [9.17, 15) is 9.59 Å². The summed E-state index contributed by atoms with van der Waals surface area (Å²) < 4.78 is 5.74. The zero-order valence-corrected chi connectivity index (χ0v) is 14.9. The van der Waals surface area contributed by atoms with E-state index in [1.165, 1.54) is 0 Å². The van der Waals surface area contributed by atoms with Crippen LogP contribution in [0, 0.1) is 6.92 Å². The van der Waals surface area contributed by atoms with E-state index in [1.54, 1.807) is 24.0 Å². The van der Waals surface area contributed by atoms with Gasteiger partial charge in [0.05, 0.1) is 13.2 Å². The first kappa shape index (κ1) is 17.3. The van der Waals surface area contributed by atoms with Crippen molar-refractivity contribution in [2.45, 2.75) is 39.2 Å². The molecule has 3 heterocycles. The second-order valence-corrected chi connectivity index (χ2v) is 7.29. The summed E-state index contributed by atoms with van der Waals surface area (Å²) in [7, 11) is 0. The molecule has 0 bridgehead atoms. The van der Waals surface area contributed by atoms with Gasteiger partial charge in [0.2, 0.25) is 0 Å². The minimum Gasteiger partial charge on any atom is -0.367 e. The molecule has 3 rings (SSSR count). The summed E-state index contributed by atoms with van der Waals surface area (Å²) in [6.07, 6.45) is -0.383. The molecule has 134 valence electrons. The van der Waals surface area contributed by atoms with Crippen LogP contribution < -0.4 is 5.56 Å². The average Bonchev–Trinajstić information content (AvgIpc) is 3.05. The SMILES string of the molecule is Cc1ccc(C(=O)N2CCOC(c3nc(C(C)(C)C)n[nH]3)C2)c(=O)[nH]1. The molecule has 1 aliphatic rings. The maximum absolute atomic E-state index is 12.7. The fraction of sp³-hybridized carbons (Fsp3) is 0.529. The Balaban J connectivity index is 1.78. The van der Waals surface area contributed by atoms with Gasteiger partial charge in [-0.15, -0.1) is 0 Å². The van der Waals surface area contributed by atoms with Crippen molar-refractivity contribution >= 4 is 5.91 Å². The molecule has 0 spiro atoms. The Hall–Kier alpha value is -2.48. The number of rotatable bonds is 2. The number of carbonyl (C=O) groups is 1. The summed E-state index contributed by atoms with van der Waals surface area (Å²) in [5, 5.41) is 7.15. The summed E-state index contributed by atoms with van der Waals surface area (Å²) in [6.45, 7) is 9.00. The highest BCUT2D eigenvalue weighted by Gasteiger charge is 2.30. The summed E-state index contributed by atoms with van der Waals surface area (Å²) in [4.78, 5) is 33.5. The van der Waals surface area contributed by atoms with Crippen molar-refractivity contribution in [2.75, 3.05) is 19.7 Å². The zero-order valence-electron chi connectivity index (χ0n) is 14.9. The number of nitrogens with zero attached hydrogens (tertiary/aromatic N) is 3. The first-order chi connectivity index (χ1) is 11.8. The molecule has 1 unspecified atom stereocenters. The molecular weight excluding hydrogens is 322 g/mol. The number of morpholine rings is 1. The molecule has 2 N–H and O–H groups in total. The molecule has 8 heteroatoms. The van der Waals surface area contributed by atoms with Crippen LogP contribution in [0.3, 0.4) is 0 Å². The van der Waals surface area contributed by atoms with Crippen LogP contribution in [0.2, 0.25) is 0 Å². The maximum atomic E-state index is 12.7. The van der Waals surface area contributed by atoms with Gasteiger partial charge >= 0.3 is 0 Å². The van der Waals surface area contributed by atoms with E-state index < -0.39 is 0 Å². The molecule has 1 amide bonds. The number of amides is 1. The van der Waals surface area contributed by atoms with Crippen molar-refractivity contribution in [3.05, 3.63) is 45.4 Å². The third-order valence-electron chi connectivity index (χ3n) is 4.12. The molecule has 1 fully saturated rings. The molecule has 1 saturated heterocycles. The number of carbonyl (C=O) groups excluding carboxylic acids is 1. The third kappa shape index (κ3) is 3.63. The Morgan fingerprint density at radius 1 is 1.36 bits per heavy atom. The highest BCUT2D eigenvalue weighted by molar-refractivity contribution is 5.93. The number of ether oxygens (including phenoxy) is 1. The lowest BCUT2D eigenvalue weighted by molar-refractivity contribution is -0.0267. The standard InChI is InChI=1S/C17H23N5O3/c1-10-5-6-11(14(23)18-10)15(24)22-7-8-25-12(9-22)13-19-16(21-20-13)17(2,3)4/h5-6,12H,7-9H2,1-4H3,(H,18,23)(H,19,20,21). The van der Waals surface area contributed by atoms with Gasteiger partial charge in [-0.2, -0.15) is 5.10 Å². The van der Waals surface area contributed by atoms with Crippen LogP contribution in [0.5, 0.6) is 0 Å². The largest absolute Gasteiger partial charge is 0.367 e. The normalized spacial score (nSPS) is 18.4. The Kier molecular flexibility index (Phi) is 4.47. The molecule has 1 aliphatic heterocycles. The van der Waals surface area contributed by atoms with E-state index in [0.717, 1.165) is 5.69 Å². The quantitative estimate of drug-likeness (QED) is 0.854. The van der Waals surface area contributed by atoms with E-state index in [4.69, 9.17) is 4.74 Å². The number of hydrogen-bond acceptors (Lipinski definition) is 5. The lowest BCUT2D eigenvalue weighted by Crippen LogP contribution is -2.44. The van der Waals surface area contributed by atoms with Crippen molar-refractivity contribution in [2.24, 2.45) is 0 Å². The molecule has 0 aliphatic carbocycles. The van der Waals surface area contributed by atoms with Crippen LogP contribution in [-0.2, 0) is 10.2 Å². The molecule has 2 aromatic heterocycles. The van der Waals surface area contributed by atoms with Gasteiger partial charge in [-0.3, -0.25) is 14.7 Å². The fourth-order valence-corrected chi connectivity index (χ4v) is 2.66. The second-order valence-electron chi connectivity index (χ2n) is 7.29. The molecule has 1 atom stereocenters.